The first kappa shape index (κ1) is 23.2. The zero-order valence-electron chi connectivity index (χ0n) is 17.3. The van der Waals surface area contributed by atoms with E-state index in [0.717, 1.165) is 29.0 Å². The van der Waals surface area contributed by atoms with Crippen molar-refractivity contribution in [1.82, 2.24) is 20.4 Å². The summed E-state index contributed by atoms with van der Waals surface area (Å²) < 4.78 is 13.0. The highest BCUT2D eigenvalue weighted by Crippen LogP contribution is 2.28. The highest BCUT2D eigenvalue weighted by atomic mass is 35.5. The predicted molar refractivity (Wildman–Crippen MR) is 115 cm³/mol. The van der Waals surface area contributed by atoms with Crippen LogP contribution in [-0.2, 0) is 23.1 Å². The fourth-order valence-corrected chi connectivity index (χ4v) is 3.55. The van der Waals surface area contributed by atoms with Gasteiger partial charge in [0.15, 0.2) is 0 Å². The second kappa shape index (κ2) is 11.2. The maximum absolute atomic E-state index is 12.8. The van der Waals surface area contributed by atoms with Crippen molar-refractivity contribution in [2.45, 2.75) is 26.3 Å². The lowest BCUT2D eigenvalue weighted by Gasteiger charge is -2.18. The number of rotatable bonds is 9. The van der Waals surface area contributed by atoms with E-state index in [1.807, 2.05) is 51.5 Å². The summed E-state index contributed by atoms with van der Waals surface area (Å²) in [5.74, 6) is 0.902. The molecule has 1 aliphatic heterocycles. The number of hydrogen-bond acceptors (Lipinski definition) is 5. The molecule has 1 aromatic carbocycles. The summed E-state index contributed by atoms with van der Waals surface area (Å²) in [6.45, 7) is 7.62. The van der Waals surface area contributed by atoms with Gasteiger partial charge in [-0.2, -0.15) is 5.10 Å². The van der Waals surface area contributed by atoms with Crippen molar-refractivity contribution in [2.24, 2.45) is 13.0 Å². The summed E-state index contributed by atoms with van der Waals surface area (Å²) in [5, 5.41) is 10.7. The monoisotopic (exact) mass is 422 g/mol. The van der Waals surface area contributed by atoms with Gasteiger partial charge < -0.3 is 20.1 Å². The van der Waals surface area contributed by atoms with E-state index in [0.29, 0.717) is 32.9 Å². The Kier molecular flexibility index (Phi) is 8.95. The first-order chi connectivity index (χ1) is 13.6. The summed E-state index contributed by atoms with van der Waals surface area (Å²) in [6.07, 6.45) is 3.84. The molecule has 1 saturated heterocycles. The van der Waals surface area contributed by atoms with Gasteiger partial charge in [0.2, 0.25) is 5.91 Å². The second-order valence-electron chi connectivity index (χ2n) is 7.19. The number of ether oxygens (including phenoxy) is 2. The second-order valence-corrected chi connectivity index (χ2v) is 7.19. The Morgan fingerprint density at radius 2 is 2.17 bits per heavy atom. The number of halogens is 1. The summed E-state index contributed by atoms with van der Waals surface area (Å²) >= 11 is 0. The van der Waals surface area contributed by atoms with E-state index in [1.54, 1.807) is 4.68 Å². The van der Waals surface area contributed by atoms with Gasteiger partial charge in [-0.15, -0.1) is 12.4 Å². The number of hydrogen-bond donors (Lipinski definition) is 2. The minimum absolute atomic E-state index is 0. The van der Waals surface area contributed by atoms with Crippen LogP contribution in [0, 0.1) is 12.8 Å². The SMILES string of the molecule is CCOCCOc1cc(C)ccc1CNC(=O)[C@H]1CNC[C@@H]1c1cnn(C)c1.Cl. The molecule has 1 aliphatic rings. The van der Waals surface area contributed by atoms with Gasteiger partial charge in [-0.3, -0.25) is 9.48 Å². The van der Waals surface area contributed by atoms with E-state index in [2.05, 4.69) is 15.7 Å². The predicted octanol–water partition coefficient (Wildman–Crippen LogP) is 2.19. The van der Waals surface area contributed by atoms with E-state index < -0.39 is 0 Å². The van der Waals surface area contributed by atoms with Crippen LogP contribution in [0.4, 0.5) is 0 Å². The normalized spacial score (nSPS) is 18.3. The molecule has 0 spiro atoms. The molecule has 8 heteroatoms. The first-order valence-corrected chi connectivity index (χ1v) is 9.85. The first-order valence-electron chi connectivity index (χ1n) is 9.85. The molecule has 29 heavy (non-hydrogen) atoms. The highest BCUT2D eigenvalue weighted by molar-refractivity contribution is 5.85. The van der Waals surface area contributed by atoms with Gasteiger partial charge in [0.1, 0.15) is 12.4 Å². The van der Waals surface area contributed by atoms with E-state index in [1.165, 1.54) is 0 Å². The average Bonchev–Trinajstić information content (AvgIpc) is 3.33. The molecule has 7 nitrogen and oxygen atoms in total. The van der Waals surface area contributed by atoms with Gasteiger partial charge >= 0.3 is 0 Å². The van der Waals surface area contributed by atoms with Crippen LogP contribution in [0.25, 0.3) is 0 Å². The average molecular weight is 423 g/mol. The number of nitrogens with one attached hydrogen (secondary N) is 2. The molecular weight excluding hydrogens is 392 g/mol. The topological polar surface area (TPSA) is 77.4 Å². The van der Waals surface area contributed by atoms with Gasteiger partial charge in [-0.25, -0.2) is 0 Å². The Labute approximate surface area is 178 Å². The third kappa shape index (κ3) is 6.19. The van der Waals surface area contributed by atoms with Crippen LogP contribution in [0.3, 0.4) is 0 Å². The molecule has 2 N–H and O–H groups in total. The fourth-order valence-electron chi connectivity index (χ4n) is 3.55. The zero-order valence-corrected chi connectivity index (χ0v) is 18.1. The van der Waals surface area contributed by atoms with Crippen LogP contribution in [0.2, 0.25) is 0 Å². The summed E-state index contributed by atoms with van der Waals surface area (Å²) in [5.41, 5.74) is 3.19. The molecular formula is C21H31ClN4O3. The Morgan fingerprint density at radius 1 is 1.34 bits per heavy atom. The van der Waals surface area contributed by atoms with Gasteiger partial charge in [0.25, 0.3) is 0 Å². The van der Waals surface area contributed by atoms with Crippen LogP contribution in [0.1, 0.15) is 29.5 Å². The molecule has 0 bridgehead atoms. The largest absolute Gasteiger partial charge is 0.491 e. The van der Waals surface area contributed by atoms with Crippen molar-refractivity contribution >= 4 is 18.3 Å². The van der Waals surface area contributed by atoms with Crippen molar-refractivity contribution in [3.8, 4) is 5.75 Å². The number of aromatic nitrogens is 2. The Balaban J connectivity index is 0.00000300. The van der Waals surface area contributed by atoms with Crippen LogP contribution >= 0.6 is 12.4 Å². The molecule has 0 saturated carbocycles. The zero-order chi connectivity index (χ0) is 19.9. The van der Waals surface area contributed by atoms with Crippen LogP contribution in [-0.4, -0.2) is 48.6 Å². The molecule has 1 fully saturated rings. The van der Waals surface area contributed by atoms with Crippen molar-refractivity contribution in [1.29, 1.82) is 0 Å². The Hall–Kier alpha value is -2.09. The fraction of sp³-hybridized carbons (Fsp3) is 0.524. The number of benzene rings is 1. The maximum atomic E-state index is 12.8. The minimum atomic E-state index is -0.100. The number of amides is 1. The standard InChI is InChI=1S/C21H30N4O3.ClH/c1-4-27-7-8-28-20-9-15(2)5-6-16(20)10-23-21(26)19-13-22-12-18(19)17-11-24-25(3)14-17;/h5-6,9,11,14,18-19,22H,4,7-8,10,12-13H2,1-3H3,(H,23,26);1H/t18-,19+;/m1./s1. The molecule has 160 valence electrons. The Morgan fingerprint density at radius 3 is 2.90 bits per heavy atom. The lowest BCUT2D eigenvalue weighted by atomic mass is 9.90. The van der Waals surface area contributed by atoms with Crippen LogP contribution in [0.5, 0.6) is 5.75 Å². The number of aryl methyl sites for hydroxylation is 2. The molecule has 0 radical (unpaired) electrons. The molecule has 3 rings (SSSR count). The lowest BCUT2D eigenvalue weighted by Crippen LogP contribution is -2.34. The summed E-state index contributed by atoms with van der Waals surface area (Å²) in [7, 11) is 1.89. The van der Waals surface area contributed by atoms with E-state index >= 15 is 0 Å². The smallest absolute Gasteiger partial charge is 0.225 e. The van der Waals surface area contributed by atoms with Gasteiger partial charge in [0, 0.05) is 51.0 Å². The maximum Gasteiger partial charge on any atom is 0.225 e. The van der Waals surface area contributed by atoms with E-state index in [-0.39, 0.29) is 30.2 Å². The highest BCUT2D eigenvalue weighted by Gasteiger charge is 2.34. The van der Waals surface area contributed by atoms with Crippen molar-refractivity contribution in [3.63, 3.8) is 0 Å². The molecule has 2 heterocycles. The van der Waals surface area contributed by atoms with Gasteiger partial charge in [0.05, 0.1) is 18.7 Å². The third-order valence-electron chi connectivity index (χ3n) is 5.07. The molecule has 2 atom stereocenters. The van der Waals surface area contributed by atoms with Crippen molar-refractivity contribution in [3.05, 3.63) is 47.3 Å². The molecule has 1 aromatic heterocycles. The molecule has 0 unspecified atom stereocenters. The molecule has 1 amide bonds. The van der Waals surface area contributed by atoms with E-state index in [4.69, 9.17) is 9.47 Å². The number of nitrogens with zero attached hydrogens (tertiary/aromatic N) is 2. The van der Waals surface area contributed by atoms with Crippen LogP contribution < -0.4 is 15.4 Å². The minimum Gasteiger partial charge on any atom is -0.491 e. The molecule has 0 aliphatic carbocycles. The summed E-state index contributed by atoms with van der Waals surface area (Å²) in [4.78, 5) is 12.8. The lowest BCUT2D eigenvalue weighted by molar-refractivity contribution is -0.125. The van der Waals surface area contributed by atoms with Crippen molar-refractivity contribution < 1.29 is 14.3 Å². The third-order valence-corrected chi connectivity index (χ3v) is 5.07. The van der Waals surface area contributed by atoms with Crippen molar-refractivity contribution in [2.75, 3.05) is 32.9 Å². The van der Waals surface area contributed by atoms with Gasteiger partial charge in [-0.1, -0.05) is 12.1 Å². The van der Waals surface area contributed by atoms with E-state index in [9.17, 15) is 4.79 Å². The molecule has 2 aromatic rings. The van der Waals surface area contributed by atoms with Gasteiger partial charge in [-0.05, 0) is 31.0 Å². The number of carbonyl (C=O) groups excluding carboxylic acids is 1. The number of carbonyl (C=O) groups is 1. The summed E-state index contributed by atoms with van der Waals surface area (Å²) in [6, 6.07) is 6.05. The van der Waals surface area contributed by atoms with Crippen LogP contribution in [0.15, 0.2) is 30.6 Å². The quantitative estimate of drug-likeness (QED) is 0.606. The Bertz CT molecular complexity index is 796.